The summed E-state index contributed by atoms with van der Waals surface area (Å²) in [6.45, 7) is 9.32. The van der Waals surface area contributed by atoms with Gasteiger partial charge in [-0.3, -0.25) is 4.79 Å². The molecule has 3 N–H and O–H groups in total. The zero-order chi connectivity index (χ0) is 20.7. The molecular weight excluding hydrogens is 368 g/mol. The Bertz CT molecular complexity index is 805. The van der Waals surface area contributed by atoms with Crippen LogP contribution in [0.1, 0.15) is 39.7 Å². The average molecular weight is 399 g/mol. The lowest BCUT2D eigenvalue weighted by Crippen LogP contribution is -2.46. The summed E-state index contributed by atoms with van der Waals surface area (Å²) in [5.41, 5.74) is 9.90. The molecule has 1 atom stereocenters. The fraction of sp³-hybridized carbons (Fsp3) is 0.455. The molecule has 1 aromatic heterocycles. The smallest absolute Gasteiger partial charge is 0.240 e. The number of nitrogens with two attached hydrogens (primary N) is 1. The van der Waals surface area contributed by atoms with Crippen molar-refractivity contribution >= 4 is 22.9 Å². The fourth-order valence-corrected chi connectivity index (χ4v) is 3.99. The molecule has 0 fully saturated rings. The second-order valence-electron chi connectivity index (χ2n) is 7.74. The first-order chi connectivity index (χ1) is 13.3. The number of hydrogen-bond acceptors (Lipinski definition) is 5. The van der Waals surface area contributed by atoms with Gasteiger partial charge in [-0.05, 0) is 23.5 Å². The summed E-state index contributed by atoms with van der Waals surface area (Å²) in [6, 6.07) is 10.5. The Morgan fingerprint density at radius 2 is 1.89 bits per heavy atom. The largest absolute Gasteiger partial charge is 0.368 e. The molecule has 2 aromatic rings. The van der Waals surface area contributed by atoms with E-state index in [0.717, 1.165) is 23.4 Å². The second kappa shape index (κ2) is 10.3. The van der Waals surface area contributed by atoms with Crippen LogP contribution in [-0.4, -0.2) is 24.5 Å². The van der Waals surface area contributed by atoms with Crippen LogP contribution in [0.2, 0.25) is 0 Å². The number of anilines is 1. The zero-order valence-corrected chi connectivity index (χ0v) is 17.9. The van der Waals surface area contributed by atoms with Gasteiger partial charge in [-0.2, -0.15) is 5.26 Å². The third-order valence-electron chi connectivity index (χ3n) is 4.57. The number of carbonyl (C=O) groups is 1. The Labute approximate surface area is 172 Å². The number of nitriles is 1. The molecule has 5 nitrogen and oxygen atoms in total. The predicted octanol–water partition coefficient (Wildman–Crippen LogP) is 4.14. The Morgan fingerprint density at radius 3 is 2.43 bits per heavy atom. The number of nitrogens with zero attached hydrogens (tertiary/aromatic N) is 2. The van der Waals surface area contributed by atoms with Gasteiger partial charge in [-0.25, -0.2) is 0 Å². The molecule has 150 valence electrons. The molecule has 0 saturated heterocycles. The topological polar surface area (TPSA) is 82.2 Å². The molecule has 0 unspecified atom stereocenters. The lowest BCUT2D eigenvalue weighted by molar-refractivity contribution is -0.119. The highest BCUT2D eigenvalue weighted by molar-refractivity contribution is 7.08. The van der Waals surface area contributed by atoms with Gasteiger partial charge in [0, 0.05) is 28.9 Å². The number of carbonyl (C=O) groups excluding carboxylic acids is 1. The first-order valence-corrected chi connectivity index (χ1v) is 10.6. The summed E-state index contributed by atoms with van der Waals surface area (Å²) in [6.07, 6.45) is 0.617. The van der Waals surface area contributed by atoms with Gasteiger partial charge >= 0.3 is 0 Å². The molecule has 0 aliphatic carbocycles. The monoisotopic (exact) mass is 398 g/mol. The Balaban J connectivity index is 2.33. The van der Waals surface area contributed by atoms with Gasteiger partial charge in [0.05, 0.1) is 11.8 Å². The van der Waals surface area contributed by atoms with E-state index in [4.69, 9.17) is 5.73 Å². The van der Waals surface area contributed by atoms with Gasteiger partial charge in [0.15, 0.2) is 0 Å². The van der Waals surface area contributed by atoms with Gasteiger partial charge in [0.25, 0.3) is 0 Å². The third kappa shape index (κ3) is 5.82. The van der Waals surface area contributed by atoms with Crippen molar-refractivity contribution in [1.82, 2.24) is 5.32 Å². The van der Waals surface area contributed by atoms with E-state index in [-0.39, 0.29) is 6.54 Å². The molecule has 1 aromatic carbocycles. The molecule has 0 bridgehead atoms. The number of benzene rings is 1. The summed E-state index contributed by atoms with van der Waals surface area (Å²) < 4.78 is 0. The number of hydrogen-bond donors (Lipinski definition) is 2. The Kier molecular flexibility index (Phi) is 8.04. The maximum Gasteiger partial charge on any atom is 0.240 e. The maximum atomic E-state index is 12.1. The lowest BCUT2D eigenvalue weighted by atomic mass is 9.99. The van der Waals surface area contributed by atoms with Crippen molar-refractivity contribution < 1.29 is 4.79 Å². The number of amides is 1. The van der Waals surface area contributed by atoms with E-state index in [0.29, 0.717) is 18.4 Å². The summed E-state index contributed by atoms with van der Waals surface area (Å²) in [5.74, 6) is -0.0928. The van der Waals surface area contributed by atoms with Gasteiger partial charge in [-0.15, -0.1) is 11.3 Å². The quantitative estimate of drug-likeness (QED) is 0.589. The van der Waals surface area contributed by atoms with Crippen LogP contribution in [0.25, 0.3) is 11.1 Å². The van der Waals surface area contributed by atoms with Crippen LogP contribution in [0.3, 0.4) is 0 Å². The van der Waals surface area contributed by atoms with E-state index in [1.165, 1.54) is 5.56 Å². The maximum absolute atomic E-state index is 12.1. The van der Waals surface area contributed by atoms with Gasteiger partial charge in [0.2, 0.25) is 5.91 Å². The van der Waals surface area contributed by atoms with Crippen molar-refractivity contribution in [1.29, 1.82) is 5.26 Å². The van der Waals surface area contributed by atoms with Crippen molar-refractivity contribution in [2.24, 2.45) is 11.7 Å². The molecule has 0 saturated carbocycles. The van der Waals surface area contributed by atoms with Crippen LogP contribution in [0.4, 0.5) is 5.69 Å². The summed E-state index contributed by atoms with van der Waals surface area (Å²) in [4.78, 5) is 14.0. The normalized spacial score (nSPS) is 12.2. The van der Waals surface area contributed by atoms with E-state index in [1.807, 2.05) is 10.3 Å². The lowest BCUT2D eigenvalue weighted by Gasteiger charge is -2.31. The minimum absolute atomic E-state index is 0.125. The van der Waals surface area contributed by atoms with Crippen molar-refractivity contribution in [2.75, 3.05) is 11.4 Å². The van der Waals surface area contributed by atoms with Crippen molar-refractivity contribution in [3.63, 3.8) is 0 Å². The van der Waals surface area contributed by atoms with Crippen molar-refractivity contribution in [3.8, 4) is 17.2 Å². The molecule has 0 spiro atoms. The molecule has 0 aliphatic heterocycles. The van der Waals surface area contributed by atoms with Gasteiger partial charge in [-0.1, -0.05) is 52.0 Å². The van der Waals surface area contributed by atoms with Crippen LogP contribution in [0.15, 0.2) is 35.0 Å². The summed E-state index contributed by atoms with van der Waals surface area (Å²) >= 11 is 1.57. The zero-order valence-electron chi connectivity index (χ0n) is 17.1. The Hall–Kier alpha value is -2.36. The summed E-state index contributed by atoms with van der Waals surface area (Å²) in [7, 11) is 0. The first-order valence-electron chi connectivity index (χ1n) is 9.65. The molecule has 1 amide bonds. The number of thiophene rings is 1. The van der Waals surface area contributed by atoms with Gasteiger partial charge < -0.3 is 16.0 Å². The van der Waals surface area contributed by atoms with E-state index in [9.17, 15) is 10.1 Å². The second-order valence-corrected chi connectivity index (χ2v) is 8.48. The molecule has 0 aliphatic rings. The predicted molar refractivity (Wildman–Crippen MR) is 117 cm³/mol. The highest BCUT2D eigenvalue weighted by atomic mass is 32.1. The number of nitrogens with one attached hydrogen (secondary N) is 1. The van der Waals surface area contributed by atoms with Crippen LogP contribution >= 0.6 is 11.3 Å². The van der Waals surface area contributed by atoms with Crippen LogP contribution in [0.5, 0.6) is 0 Å². The molecule has 2 rings (SSSR count). The van der Waals surface area contributed by atoms with E-state index >= 15 is 0 Å². The molecule has 28 heavy (non-hydrogen) atoms. The van der Waals surface area contributed by atoms with Crippen molar-refractivity contribution in [3.05, 3.63) is 40.6 Å². The fourth-order valence-electron chi connectivity index (χ4n) is 3.14. The minimum atomic E-state index is -0.498. The molecule has 1 heterocycles. The summed E-state index contributed by atoms with van der Waals surface area (Å²) in [5, 5.41) is 16.8. The highest BCUT2D eigenvalue weighted by Gasteiger charge is 2.27. The highest BCUT2D eigenvalue weighted by Crippen LogP contribution is 2.36. The van der Waals surface area contributed by atoms with E-state index < -0.39 is 11.9 Å². The van der Waals surface area contributed by atoms with E-state index in [1.54, 1.807) is 11.3 Å². The SMILES string of the molecule is CC(C)C[C@@H](C(N)=O)N(CC#N)c1cscc1-c1ccc(CNC(C)C)cc1. The van der Waals surface area contributed by atoms with Gasteiger partial charge in [0.1, 0.15) is 12.6 Å². The van der Waals surface area contributed by atoms with E-state index in [2.05, 4.69) is 68.7 Å². The minimum Gasteiger partial charge on any atom is -0.368 e. The molecular formula is C22H30N4OS. The van der Waals surface area contributed by atoms with Crippen molar-refractivity contribution in [2.45, 2.75) is 52.7 Å². The third-order valence-corrected chi connectivity index (χ3v) is 5.30. The Morgan fingerprint density at radius 1 is 1.21 bits per heavy atom. The van der Waals surface area contributed by atoms with Crippen LogP contribution in [0, 0.1) is 17.2 Å². The number of rotatable bonds is 10. The average Bonchev–Trinajstić information content (AvgIpc) is 3.12. The molecule has 6 heteroatoms. The van der Waals surface area contributed by atoms with Crippen LogP contribution in [-0.2, 0) is 11.3 Å². The molecule has 0 radical (unpaired) electrons. The number of primary amides is 1. The first kappa shape index (κ1) is 21.9. The van der Waals surface area contributed by atoms with Crippen LogP contribution < -0.4 is 16.0 Å². The standard InChI is InChI=1S/C22H30N4OS/c1-15(2)11-20(22(24)27)26(10-9-23)21-14-28-13-19(21)18-7-5-17(6-8-18)12-25-16(3)4/h5-8,13-16,20,25H,10-12H2,1-4H3,(H2,24,27)/t20-/m0/s1.